The maximum atomic E-state index is 13.8. The number of nitrogens with zero attached hydrogens (tertiary/aromatic N) is 2. The van der Waals surface area contributed by atoms with E-state index in [1.807, 2.05) is 0 Å². The monoisotopic (exact) mass is 343 g/mol. The van der Waals surface area contributed by atoms with Gasteiger partial charge in [-0.3, -0.25) is 4.57 Å². The SMILES string of the molecule is O=c1[nH]nc(SCc2c(F)cccc2Cl)n1C[C@@H]1CCCO1. The van der Waals surface area contributed by atoms with Crippen molar-refractivity contribution in [2.75, 3.05) is 6.61 Å². The first-order valence-electron chi connectivity index (χ1n) is 6.97. The van der Waals surface area contributed by atoms with Crippen LogP contribution in [0.2, 0.25) is 5.02 Å². The van der Waals surface area contributed by atoms with E-state index in [2.05, 4.69) is 10.2 Å². The van der Waals surface area contributed by atoms with Crippen LogP contribution in [0.3, 0.4) is 0 Å². The molecule has 1 aromatic carbocycles. The zero-order valence-corrected chi connectivity index (χ0v) is 13.3. The summed E-state index contributed by atoms with van der Waals surface area (Å²) in [5, 5.41) is 7.32. The third-order valence-corrected chi connectivity index (χ3v) is 4.90. The molecule has 0 saturated carbocycles. The van der Waals surface area contributed by atoms with Crippen molar-refractivity contribution in [3.8, 4) is 0 Å². The van der Waals surface area contributed by atoms with E-state index < -0.39 is 0 Å². The van der Waals surface area contributed by atoms with E-state index in [1.165, 1.54) is 22.4 Å². The van der Waals surface area contributed by atoms with Crippen LogP contribution in [-0.2, 0) is 17.0 Å². The summed E-state index contributed by atoms with van der Waals surface area (Å²) in [5.74, 6) is -0.0509. The van der Waals surface area contributed by atoms with Crippen LogP contribution in [0.5, 0.6) is 0 Å². The Labute approximate surface area is 135 Å². The molecule has 0 aliphatic carbocycles. The summed E-state index contributed by atoms with van der Waals surface area (Å²) in [6.07, 6.45) is 1.97. The molecule has 1 N–H and O–H groups in total. The Morgan fingerprint density at radius 1 is 1.55 bits per heavy atom. The van der Waals surface area contributed by atoms with Crippen LogP contribution in [0.25, 0.3) is 0 Å². The summed E-state index contributed by atoms with van der Waals surface area (Å²) in [6, 6.07) is 4.57. The average molecular weight is 344 g/mol. The van der Waals surface area contributed by atoms with Crippen molar-refractivity contribution in [2.45, 2.75) is 36.4 Å². The molecule has 5 nitrogen and oxygen atoms in total. The molecule has 22 heavy (non-hydrogen) atoms. The fourth-order valence-corrected chi connectivity index (χ4v) is 3.67. The van der Waals surface area contributed by atoms with Crippen molar-refractivity contribution >= 4 is 23.4 Å². The first-order chi connectivity index (χ1) is 10.6. The van der Waals surface area contributed by atoms with Gasteiger partial charge in [-0.25, -0.2) is 14.3 Å². The highest BCUT2D eigenvalue weighted by Crippen LogP contribution is 2.27. The summed E-state index contributed by atoms with van der Waals surface area (Å²) < 4.78 is 20.9. The number of ether oxygens (including phenoxy) is 1. The molecular formula is C14H15ClFN3O2S. The second-order valence-electron chi connectivity index (χ2n) is 5.05. The summed E-state index contributed by atoms with van der Waals surface area (Å²) in [7, 11) is 0. The van der Waals surface area contributed by atoms with Gasteiger partial charge in [0.1, 0.15) is 5.82 Å². The second-order valence-corrected chi connectivity index (χ2v) is 6.40. The summed E-state index contributed by atoms with van der Waals surface area (Å²) in [6.45, 7) is 1.19. The molecule has 0 spiro atoms. The zero-order chi connectivity index (χ0) is 15.5. The summed E-state index contributed by atoms with van der Waals surface area (Å²) >= 11 is 7.28. The molecular weight excluding hydrogens is 329 g/mol. The first-order valence-corrected chi connectivity index (χ1v) is 8.34. The number of thioether (sulfide) groups is 1. The van der Waals surface area contributed by atoms with Gasteiger partial charge in [-0.05, 0) is 25.0 Å². The number of nitrogens with one attached hydrogen (secondary N) is 1. The quantitative estimate of drug-likeness (QED) is 0.848. The molecule has 2 aromatic rings. The number of hydrogen-bond donors (Lipinski definition) is 1. The number of halogens is 2. The van der Waals surface area contributed by atoms with Crippen LogP contribution in [-0.4, -0.2) is 27.5 Å². The Morgan fingerprint density at radius 3 is 3.14 bits per heavy atom. The van der Waals surface area contributed by atoms with Crippen LogP contribution in [0.15, 0.2) is 28.2 Å². The molecule has 0 amide bonds. The maximum Gasteiger partial charge on any atom is 0.344 e. The molecule has 3 rings (SSSR count). The lowest BCUT2D eigenvalue weighted by atomic mass is 10.2. The number of H-pyrrole nitrogens is 1. The predicted molar refractivity (Wildman–Crippen MR) is 82.8 cm³/mol. The van der Waals surface area contributed by atoms with Crippen LogP contribution in [0.1, 0.15) is 18.4 Å². The average Bonchev–Trinajstić information content (AvgIpc) is 3.11. The molecule has 0 radical (unpaired) electrons. The fourth-order valence-electron chi connectivity index (χ4n) is 2.37. The van der Waals surface area contributed by atoms with Crippen molar-refractivity contribution in [3.63, 3.8) is 0 Å². The van der Waals surface area contributed by atoms with Crippen molar-refractivity contribution in [1.82, 2.24) is 14.8 Å². The third-order valence-electron chi connectivity index (χ3n) is 3.54. The number of benzene rings is 1. The van der Waals surface area contributed by atoms with Crippen LogP contribution in [0.4, 0.5) is 4.39 Å². The molecule has 2 heterocycles. The van der Waals surface area contributed by atoms with Gasteiger partial charge >= 0.3 is 5.69 Å². The highest BCUT2D eigenvalue weighted by atomic mass is 35.5. The molecule has 1 aliphatic heterocycles. The lowest BCUT2D eigenvalue weighted by molar-refractivity contribution is 0.0941. The lowest BCUT2D eigenvalue weighted by Gasteiger charge is -2.11. The van der Waals surface area contributed by atoms with Gasteiger partial charge in [0.15, 0.2) is 5.16 Å². The second kappa shape index (κ2) is 6.85. The minimum absolute atomic E-state index is 0.0340. The van der Waals surface area contributed by atoms with E-state index in [4.69, 9.17) is 16.3 Å². The molecule has 0 bridgehead atoms. The van der Waals surface area contributed by atoms with Gasteiger partial charge < -0.3 is 4.74 Å². The normalized spacial score (nSPS) is 18.0. The summed E-state index contributed by atoms with van der Waals surface area (Å²) in [4.78, 5) is 11.8. The third kappa shape index (κ3) is 3.37. The van der Waals surface area contributed by atoms with Gasteiger partial charge in [0.2, 0.25) is 0 Å². The number of aromatic amines is 1. The zero-order valence-electron chi connectivity index (χ0n) is 11.7. The van der Waals surface area contributed by atoms with E-state index >= 15 is 0 Å². The lowest BCUT2D eigenvalue weighted by Crippen LogP contribution is -2.24. The van der Waals surface area contributed by atoms with E-state index in [-0.39, 0.29) is 17.6 Å². The van der Waals surface area contributed by atoms with Crippen molar-refractivity contribution < 1.29 is 9.13 Å². The minimum Gasteiger partial charge on any atom is -0.376 e. The standard InChI is InChI=1S/C14H15ClFN3O2S/c15-11-4-1-5-12(16)10(11)8-22-14-18-17-13(20)19(14)7-9-3-2-6-21-9/h1,4-5,9H,2-3,6-8H2,(H,17,20)/t9-/m0/s1. The van der Waals surface area contributed by atoms with E-state index in [0.29, 0.717) is 28.0 Å². The van der Waals surface area contributed by atoms with Crippen LogP contribution >= 0.6 is 23.4 Å². The molecule has 118 valence electrons. The van der Waals surface area contributed by atoms with Crippen LogP contribution in [0, 0.1) is 5.82 Å². The van der Waals surface area contributed by atoms with Crippen molar-refractivity contribution in [2.24, 2.45) is 0 Å². The first kappa shape index (κ1) is 15.6. The molecule has 0 unspecified atom stereocenters. The van der Waals surface area contributed by atoms with E-state index in [9.17, 15) is 9.18 Å². The van der Waals surface area contributed by atoms with Gasteiger partial charge in [-0.2, -0.15) is 0 Å². The smallest absolute Gasteiger partial charge is 0.344 e. The molecule has 1 saturated heterocycles. The molecule has 8 heteroatoms. The van der Waals surface area contributed by atoms with Gasteiger partial charge in [-0.1, -0.05) is 29.4 Å². The number of aromatic nitrogens is 3. The Balaban J connectivity index is 1.74. The highest BCUT2D eigenvalue weighted by molar-refractivity contribution is 7.98. The van der Waals surface area contributed by atoms with E-state index in [0.717, 1.165) is 19.4 Å². The largest absolute Gasteiger partial charge is 0.376 e. The Kier molecular flexibility index (Phi) is 4.85. The number of rotatable bonds is 5. The molecule has 1 atom stereocenters. The maximum absolute atomic E-state index is 13.8. The Morgan fingerprint density at radius 2 is 2.41 bits per heavy atom. The highest BCUT2D eigenvalue weighted by Gasteiger charge is 2.20. The van der Waals surface area contributed by atoms with Gasteiger partial charge in [0, 0.05) is 22.9 Å². The summed E-state index contributed by atoms with van der Waals surface area (Å²) in [5.41, 5.74) is 0.130. The van der Waals surface area contributed by atoms with Crippen molar-refractivity contribution in [3.05, 3.63) is 45.1 Å². The van der Waals surface area contributed by atoms with Crippen molar-refractivity contribution in [1.29, 1.82) is 0 Å². The fraction of sp³-hybridized carbons (Fsp3) is 0.429. The minimum atomic E-state index is -0.358. The Hall–Kier alpha value is -1.31. The topological polar surface area (TPSA) is 59.9 Å². The predicted octanol–water partition coefficient (Wildman–Crippen LogP) is 2.84. The Bertz CT molecular complexity index is 692. The van der Waals surface area contributed by atoms with E-state index in [1.54, 1.807) is 12.1 Å². The van der Waals surface area contributed by atoms with Crippen LogP contribution < -0.4 is 5.69 Å². The van der Waals surface area contributed by atoms with Gasteiger partial charge in [0.05, 0.1) is 12.6 Å². The molecule has 1 aromatic heterocycles. The molecule has 1 aliphatic rings. The molecule has 1 fully saturated rings. The van der Waals surface area contributed by atoms with Gasteiger partial charge in [-0.15, -0.1) is 5.10 Å². The van der Waals surface area contributed by atoms with Gasteiger partial charge in [0.25, 0.3) is 0 Å². The number of hydrogen-bond acceptors (Lipinski definition) is 4.